The van der Waals surface area contributed by atoms with Gasteiger partial charge in [-0.05, 0) is 0 Å². The molecule has 0 aliphatic rings. The van der Waals surface area contributed by atoms with E-state index in [0.717, 1.165) is 6.26 Å². The lowest BCUT2D eigenvalue weighted by molar-refractivity contribution is 0.602. The van der Waals surface area contributed by atoms with Gasteiger partial charge in [0.2, 0.25) is 0 Å². The topological polar surface area (TPSA) is 104 Å². The van der Waals surface area contributed by atoms with E-state index in [1.54, 1.807) is 6.07 Å². The lowest BCUT2D eigenvalue weighted by atomic mass is 10.4. The standard InChI is InChI=1S/C9H11N5O2S/c1-17(15,16)8-4-13-14(5-8)9-2-7(3-10)11-6-12-9/h2,4-6H,3,10H2,1H3. The molecule has 0 atom stereocenters. The summed E-state index contributed by atoms with van der Waals surface area (Å²) < 4.78 is 24.0. The Morgan fingerprint density at radius 3 is 2.76 bits per heavy atom. The van der Waals surface area contributed by atoms with Crippen LogP contribution in [0, 0.1) is 0 Å². The number of nitrogens with two attached hydrogens (primary N) is 1. The number of aromatic nitrogens is 4. The van der Waals surface area contributed by atoms with Crippen molar-refractivity contribution in [2.45, 2.75) is 11.4 Å². The smallest absolute Gasteiger partial charge is 0.178 e. The minimum absolute atomic E-state index is 0.144. The van der Waals surface area contributed by atoms with Gasteiger partial charge in [0.05, 0.1) is 18.1 Å². The van der Waals surface area contributed by atoms with Crippen LogP contribution in [0.1, 0.15) is 5.69 Å². The zero-order valence-corrected chi connectivity index (χ0v) is 9.92. The molecule has 2 rings (SSSR count). The van der Waals surface area contributed by atoms with E-state index in [4.69, 9.17) is 5.73 Å². The molecule has 0 saturated carbocycles. The van der Waals surface area contributed by atoms with Gasteiger partial charge in [0.1, 0.15) is 11.2 Å². The van der Waals surface area contributed by atoms with Gasteiger partial charge in [-0.2, -0.15) is 5.10 Å². The molecule has 0 radical (unpaired) electrons. The van der Waals surface area contributed by atoms with Crippen molar-refractivity contribution in [3.05, 3.63) is 30.5 Å². The van der Waals surface area contributed by atoms with Crippen molar-refractivity contribution in [2.75, 3.05) is 6.26 Å². The fourth-order valence-corrected chi connectivity index (χ4v) is 1.78. The first-order valence-electron chi connectivity index (χ1n) is 4.77. The Kier molecular flexibility index (Phi) is 2.90. The molecule has 0 bridgehead atoms. The van der Waals surface area contributed by atoms with E-state index in [-0.39, 0.29) is 11.4 Å². The van der Waals surface area contributed by atoms with Crippen molar-refractivity contribution in [1.29, 1.82) is 0 Å². The number of nitrogens with zero attached hydrogens (tertiary/aromatic N) is 4. The van der Waals surface area contributed by atoms with Crippen molar-refractivity contribution in [3.8, 4) is 5.82 Å². The average Bonchev–Trinajstić information content (AvgIpc) is 2.78. The second-order valence-electron chi connectivity index (χ2n) is 3.46. The maximum Gasteiger partial charge on any atom is 0.178 e. The van der Waals surface area contributed by atoms with Crippen LogP contribution in [-0.2, 0) is 16.4 Å². The first-order chi connectivity index (χ1) is 8.00. The van der Waals surface area contributed by atoms with Gasteiger partial charge < -0.3 is 5.73 Å². The molecule has 2 N–H and O–H groups in total. The van der Waals surface area contributed by atoms with Crippen molar-refractivity contribution in [3.63, 3.8) is 0 Å². The summed E-state index contributed by atoms with van der Waals surface area (Å²) in [5.41, 5.74) is 6.11. The largest absolute Gasteiger partial charge is 0.325 e. The molecule has 2 heterocycles. The minimum Gasteiger partial charge on any atom is -0.325 e. The zero-order valence-electron chi connectivity index (χ0n) is 9.11. The van der Waals surface area contributed by atoms with Crippen molar-refractivity contribution in [2.24, 2.45) is 5.73 Å². The highest BCUT2D eigenvalue weighted by Gasteiger charge is 2.11. The summed E-state index contributed by atoms with van der Waals surface area (Å²) in [5.74, 6) is 0.482. The molecule has 0 aromatic carbocycles. The Bertz CT molecular complexity index is 634. The summed E-state index contributed by atoms with van der Waals surface area (Å²) in [4.78, 5) is 8.08. The van der Waals surface area contributed by atoms with Gasteiger partial charge >= 0.3 is 0 Å². The normalized spacial score (nSPS) is 11.6. The van der Waals surface area contributed by atoms with E-state index >= 15 is 0 Å². The maximum absolute atomic E-state index is 11.3. The van der Waals surface area contributed by atoms with Crippen LogP contribution in [0.3, 0.4) is 0 Å². The van der Waals surface area contributed by atoms with E-state index in [9.17, 15) is 8.42 Å². The van der Waals surface area contributed by atoms with Gasteiger partial charge in [0.15, 0.2) is 15.7 Å². The highest BCUT2D eigenvalue weighted by Crippen LogP contribution is 2.10. The Hall–Kier alpha value is -1.80. The van der Waals surface area contributed by atoms with E-state index in [2.05, 4.69) is 15.1 Å². The van der Waals surface area contributed by atoms with Crippen LogP contribution < -0.4 is 5.73 Å². The summed E-state index contributed by atoms with van der Waals surface area (Å²) in [6.45, 7) is 0.287. The summed E-state index contributed by atoms with van der Waals surface area (Å²) in [5, 5.41) is 3.93. The van der Waals surface area contributed by atoms with Crippen LogP contribution in [0.15, 0.2) is 29.7 Å². The molecule has 0 fully saturated rings. The zero-order chi connectivity index (χ0) is 12.5. The third kappa shape index (κ3) is 2.48. The van der Waals surface area contributed by atoms with Crippen molar-refractivity contribution >= 4 is 9.84 Å². The summed E-state index contributed by atoms with van der Waals surface area (Å²) >= 11 is 0. The van der Waals surface area contributed by atoms with E-state index in [1.807, 2.05) is 0 Å². The quantitative estimate of drug-likeness (QED) is 0.792. The van der Waals surface area contributed by atoms with Gasteiger partial charge in [0, 0.05) is 18.9 Å². The monoisotopic (exact) mass is 253 g/mol. The summed E-state index contributed by atoms with van der Waals surface area (Å²) in [6, 6.07) is 1.65. The molecule has 0 unspecified atom stereocenters. The fourth-order valence-electron chi connectivity index (χ4n) is 1.25. The highest BCUT2D eigenvalue weighted by atomic mass is 32.2. The van der Waals surface area contributed by atoms with E-state index < -0.39 is 9.84 Å². The predicted octanol–water partition coefficient (Wildman–Crippen LogP) is -0.475. The fraction of sp³-hybridized carbons (Fsp3) is 0.222. The molecule has 0 amide bonds. The van der Waals surface area contributed by atoms with Crippen LogP contribution in [-0.4, -0.2) is 34.4 Å². The Morgan fingerprint density at radius 2 is 2.18 bits per heavy atom. The third-order valence-electron chi connectivity index (χ3n) is 2.14. The number of hydrogen-bond acceptors (Lipinski definition) is 6. The van der Waals surface area contributed by atoms with Crippen LogP contribution >= 0.6 is 0 Å². The molecule has 0 aliphatic carbocycles. The maximum atomic E-state index is 11.3. The molecule has 8 heteroatoms. The lowest BCUT2D eigenvalue weighted by Gasteiger charge is -2.01. The Morgan fingerprint density at radius 1 is 1.41 bits per heavy atom. The summed E-state index contributed by atoms with van der Waals surface area (Å²) in [6.07, 6.45) is 5.16. The SMILES string of the molecule is CS(=O)(=O)c1cnn(-c2cc(CN)ncn2)c1. The second kappa shape index (κ2) is 4.22. The molecule has 90 valence electrons. The molecule has 2 aromatic rings. The average molecular weight is 253 g/mol. The van der Waals surface area contributed by atoms with Gasteiger partial charge in [0.25, 0.3) is 0 Å². The van der Waals surface area contributed by atoms with Gasteiger partial charge in [-0.25, -0.2) is 23.1 Å². The van der Waals surface area contributed by atoms with Crippen LogP contribution in [0.25, 0.3) is 5.82 Å². The van der Waals surface area contributed by atoms with E-state index in [1.165, 1.54) is 23.4 Å². The lowest BCUT2D eigenvalue weighted by Crippen LogP contribution is -2.04. The van der Waals surface area contributed by atoms with Crippen LogP contribution in [0.5, 0.6) is 0 Å². The second-order valence-corrected chi connectivity index (χ2v) is 5.48. The first-order valence-corrected chi connectivity index (χ1v) is 6.66. The van der Waals surface area contributed by atoms with Gasteiger partial charge in [-0.15, -0.1) is 0 Å². The first kappa shape index (κ1) is 11.7. The Labute approximate surface area is 98.2 Å². The number of sulfone groups is 1. The molecular weight excluding hydrogens is 242 g/mol. The molecule has 17 heavy (non-hydrogen) atoms. The van der Waals surface area contributed by atoms with Crippen LogP contribution in [0.4, 0.5) is 0 Å². The van der Waals surface area contributed by atoms with Gasteiger partial charge in [-0.1, -0.05) is 0 Å². The summed E-state index contributed by atoms with van der Waals surface area (Å²) in [7, 11) is -3.26. The number of rotatable bonds is 3. The molecule has 0 spiro atoms. The molecule has 7 nitrogen and oxygen atoms in total. The van der Waals surface area contributed by atoms with Gasteiger partial charge in [-0.3, -0.25) is 0 Å². The third-order valence-corrected chi connectivity index (χ3v) is 3.21. The molecular formula is C9H11N5O2S. The minimum atomic E-state index is -3.26. The Balaban J connectivity index is 2.43. The predicted molar refractivity (Wildman–Crippen MR) is 60.2 cm³/mol. The van der Waals surface area contributed by atoms with E-state index in [0.29, 0.717) is 11.5 Å². The highest BCUT2D eigenvalue weighted by molar-refractivity contribution is 7.90. The molecule has 0 saturated heterocycles. The van der Waals surface area contributed by atoms with Crippen molar-refractivity contribution < 1.29 is 8.42 Å². The molecule has 0 aliphatic heterocycles. The van der Waals surface area contributed by atoms with Crippen LogP contribution in [0.2, 0.25) is 0 Å². The number of hydrogen-bond donors (Lipinski definition) is 1. The van der Waals surface area contributed by atoms with Crippen molar-refractivity contribution in [1.82, 2.24) is 19.7 Å². The molecule has 2 aromatic heterocycles.